The zero-order chi connectivity index (χ0) is 30.5. The predicted molar refractivity (Wildman–Crippen MR) is 167 cm³/mol. The van der Waals surface area contributed by atoms with E-state index in [4.69, 9.17) is 16.3 Å². The van der Waals surface area contributed by atoms with E-state index in [1.54, 1.807) is 31.2 Å². The molecule has 3 aromatic carbocycles. The third-order valence-corrected chi connectivity index (χ3v) is 8.84. The second-order valence-corrected chi connectivity index (χ2v) is 12.1. The molecule has 0 aromatic heterocycles. The molecule has 10 heteroatoms. The van der Waals surface area contributed by atoms with Gasteiger partial charge in [0.05, 0.1) is 17.2 Å². The fourth-order valence-electron chi connectivity index (χ4n) is 4.59. The molecule has 42 heavy (non-hydrogen) atoms. The highest BCUT2D eigenvalue weighted by Crippen LogP contribution is 2.33. The van der Waals surface area contributed by atoms with Crippen molar-refractivity contribution in [3.05, 3.63) is 89.4 Å². The third-order valence-electron chi connectivity index (χ3n) is 6.81. The fraction of sp³-hybridized carbons (Fsp3) is 0.375. The van der Waals surface area contributed by atoms with Crippen LogP contribution < -0.4 is 14.4 Å². The molecule has 0 aliphatic carbocycles. The summed E-state index contributed by atoms with van der Waals surface area (Å²) < 4.78 is 34.9. The Balaban J connectivity index is 2.03. The van der Waals surface area contributed by atoms with Crippen LogP contribution in [0, 0.1) is 0 Å². The monoisotopic (exact) mass is 613 g/mol. The molecule has 8 nitrogen and oxygen atoms in total. The first-order chi connectivity index (χ1) is 20.2. The summed E-state index contributed by atoms with van der Waals surface area (Å²) in [6.45, 7) is 6.21. The molecular weight excluding hydrogens is 574 g/mol. The second-order valence-electron chi connectivity index (χ2n) is 9.76. The van der Waals surface area contributed by atoms with Gasteiger partial charge in [0, 0.05) is 18.1 Å². The minimum absolute atomic E-state index is 0.0220. The third kappa shape index (κ3) is 8.72. The molecule has 1 atom stereocenters. The molecule has 3 rings (SSSR count). The average molecular weight is 614 g/mol. The number of benzene rings is 3. The van der Waals surface area contributed by atoms with Crippen molar-refractivity contribution in [2.45, 2.75) is 57.4 Å². The van der Waals surface area contributed by atoms with Gasteiger partial charge < -0.3 is 15.0 Å². The molecule has 0 saturated heterocycles. The van der Waals surface area contributed by atoms with Crippen molar-refractivity contribution in [1.29, 1.82) is 0 Å². The van der Waals surface area contributed by atoms with Gasteiger partial charge in [0.25, 0.3) is 10.0 Å². The summed E-state index contributed by atoms with van der Waals surface area (Å²) in [5.41, 5.74) is 1.23. The molecule has 0 fully saturated rings. The number of halogens is 1. The number of hydrogen-bond donors (Lipinski definition) is 1. The van der Waals surface area contributed by atoms with Crippen molar-refractivity contribution in [3.8, 4) is 5.75 Å². The van der Waals surface area contributed by atoms with E-state index >= 15 is 0 Å². The minimum Gasteiger partial charge on any atom is -0.492 e. The van der Waals surface area contributed by atoms with E-state index in [0.29, 0.717) is 36.8 Å². The zero-order valence-corrected chi connectivity index (χ0v) is 26.0. The summed E-state index contributed by atoms with van der Waals surface area (Å²) in [5, 5.41) is 3.33. The van der Waals surface area contributed by atoms with Crippen molar-refractivity contribution in [2.24, 2.45) is 0 Å². The number of nitrogens with one attached hydrogen (secondary N) is 1. The predicted octanol–water partition coefficient (Wildman–Crippen LogP) is 5.70. The summed E-state index contributed by atoms with van der Waals surface area (Å²) in [4.78, 5) is 28.9. The molecule has 0 spiro atoms. The number of sulfonamides is 1. The summed E-state index contributed by atoms with van der Waals surface area (Å²) in [5.74, 6) is -0.424. The van der Waals surface area contributed by atoms with Gasteiger partial charge in [-0.2, -0.15) is 0 Å². The van der Waals surface area contributed by atoms with Crippen LogP contribution in [0.25, 0.3) is 0 Å². The molecule has 2 amide bonds. The van der Waals surface area contributed by atoms with Crippen LogP contribution in [0.1, 0.15) is 45.6 Å². The molecule has 0 heterocycles. The standard InChI is InChI=1S/C32H40ClN3O5S/c1-4-7-22-34-32(38)28(5-2)35(23-21-25-13-9-8-10-14-25)31(37)24-36(29-15-11-12-16-30(29)41-6-3)42(39,40)27-19-17-26(33)18-20-27/h8-20,28H,4-7,21-24H2,1-3H3,(H,34,38)/t28-/m0/s1. The molecule has 3 aromatic rings. The molecule has 226 valence electrons. The fourth-order valence-corrected chi connectivity index (χ4v) is 6.14. The van der Waals surface area contributed by atoms with E-state index in [0.717, 1.165) is 22.7 Å². The van der Waals surface area contributed by atoms with Crippen LogP contribution in [0.3, 0.4) is 0 Å². The number of nitrogens with zero attached hydrogens (tertiary/aromatic N) is 2. The van der Waals surface area contributed by atoms with Crippen molar-refractivity contribution >= 4 is 39.1 Å². The van der Waals surface area contributed by atoms with Crippen LogP contribution in [0.15, 0.2) is 83.8 Å². The molecule has 1 N–H and O–H groups in total. The Kier molecular flexibility index (Phi) is 12.7. The van der Waals surface area contributed by atoms with Crippen molar-refractivity contribution in [1.82, 2.24) is 10.2 Å². The first kappa shape index (κ1) is 32.9. The van der Waals surface area contributed by atoms with Gasteiger partial charge in [-0.05, 0) is 68.1 Å². The van der Waals surface area contributed by atoms with E-state index in [1.165, 1.54) is 29.2 Å². The van der Waals surface area contributed by atoms with E-state index in [2.05, 4.69) is 5.32 Å². The number of rotatable bonds is 16. The van der Waals surface area contributed by atoms with Gasteiger partial charge in [0.2, 0.25) is 11.8 Å². The van der Waals surface area contributed by atoms with Gasteiger partial charge >= 0.3 is 0 Å². The van der Waals surface area contributed by atoms with E-state index in [-0.39, 0.29) is 23.0 Å². The number of hydrogen-bond acceptors (Lipinski definition) is 5. The molecule has 0 radical (unpaired) electrons. The Morgan fingerprint density at radius 2 is 1.60 bits per heavy atom. The number of carbonyl (C=O) groups excluding carboxylic acids is 2. The summed E-state index contributed by atoms with van der Waals surface area (Å²) in [6.07, 6.45) is 2.62. The van der Waals surface area contributed by atoms with Gasteiger partial charge in [-0.15, -0.1) is 0 Å². The molecular formula is C32H40ClN3O5S. The Morgan fingerprint density at radius 1 is 0.929 bits per heavy atom. The average Bonchev–Trinajstić information content (AvgIpc) is 2.99. The smallest absolute Gasteiger partial charge is 0.264 e. The quantitative estimate of drug-likeness (QED) is 0.209. The van der Waals surface area contributed by atoms with Crippen molar-refractivity contribution in [2.75, 3.05) is 30.5 Å². The maximum absolute atomic E-state index is 14.2. The number of anilines is 1. The first-order valence-electron chi connectivity index (χ1n) is 14.3. The number of carbonyl (C=O) groups is 2. The Morgan fingerprint density at radius 3 is 2.24 bits per heavy atom. The number of ether oxygens (including phenoxy) is 1. The van der Waals surface area contributed by atoms with E-state index in [1.807, 2.05) is 44.2 Å². The van der Waals surface area contributed by atoms with E-state index in [9.17, 15) is 18.0 Å². The lowest BCUT2D eigenvalue weighted by Gasteiger charge is -2.33. The molecule has 0 aliphatic heterocycles. The highest BCUT2D eigenvalue weighted by atomic mass is 35.5. The summed E-state index contributed by atoms with van der Waals surface area (Å²) in [7, 11) is -4.23. The summed E-state index contributed by atoms with van der Waals surface area (Å²) >= 11 is 6.03. The minimum atomic E-state index is -4.23. The normalized spacial score (nSPS) is 11.9. The highest BCUT2D eigenvalue weighted by molar-refractivity contribution is 7.92. The van der Waals surface area contributed by atoms with Gasteiger partial charge in [0.15, 0.2) is 0 Å². The Bertz CT molecular complexity index is 1400. The van der Waals surface area contributed by atoms with Crippen LogP contribution in [-0.4, -0.2) is 57.4 Å². The summed E-state index contributed by atoms with van der Waals surface area (Å²) in [6, 6.07) is 21.4. The van der Waals surface area contributed by atoms with Crippen LogP contribution in [-0.2, 0) is 26.0 Å². The van der Waals surface area contributed by atoms with Crippen molar-refractivity contribution in [3.63, 3.8) is 0 Å². The molecule has 0 unspecified atom stereocenters. The number of unbranched alkanes of at least 4 members (excludes halogenated alkanes) is 1. The number of para-hydroxylation sites is 2. The van der Waals surface area contributed by atoms with Gasteiger partial charge in [-0.25, -0.2) is 8.42 Å². The van der Waals surface area contributed by atoms with Gasteiger partial charge in [0.1, 0.15) is 18.3 Å². The molecule has 0 saturated carbocycles. The zero-order valence-electron chi connectivity index (χ0n) is 24.5. The van der Waals surface area contributed by atoms with Crippen molar-refractivity contribution < 1.29 is 22.7 Å². The topological polar surface area (TPSA) is 96.0 Å². The Hall–Kier alpha value is -3.56. The Labute approximate surface area is 254 Å². The largest absolute Gasteiger partial charge is 0.492 e. The first-order valence-corrected chi connectivity index (χ1v) is 16.2. The lowest BCUT2D eigenvalue weighted by molar-refractivity contribution is -0.139. The van der Waals surface area contributed by atoms with Crippen LogP contribution >= 0.6 is 11.6 Å². The lowest BCUT2D eigenvalue weighted by atomic mass is 10.1. The molecule has 0 bridgehead atoms. The number of amides is 2. The lowest BCUT2D eigenvalue weighted by Crippen LogP contribution is -2.53. The van der Waals surface area contributed by atoms with Gasteiger partial charge in [-0.1, -0.05) is 74.3 Å². The van der Waals surface area contributed by atoms with Gasteiger partial charge in [-0.3, -0.25) is 13.9 Å². The second kappa shape index (κ2) is 16.2. The van der Waals surface area contributed by atoms with Crippen LogP contribution in [0.4, 0.5) is 5.69 Å². The molecule has 0 aliphatic rings. The van der Waals surface area contributed by atoms with Crippen LogP contribution in [0.5, 0.6) is 5.75 Å². The maximum atomic E-state index is 14.2. The highest BCUT2D eigenvalue weighted by Gasteiger charge is 2.34. The maximum Gasteiger partial charge on any atom is 0.264 e. The van der Waals surface area contributed by atoms with Crippen LogP contribution in [0.2, 0.25) is 5.02 Å². The van der Waals surface area contributed by atoms with E-state index < -0.39 is 28.5 Å². The SMILES string of the molecule is CCCCNC(=O)[C@H](CC)N(CCc1ccccc1)C(=O)CN(c1ccccc1OCC)S(=O)(=O)c1ccc(Cl)cc1.